The molecule has 5 atom stereocenters. The highest BCUT2D eigenvalue weighted by Gasteiger charge is 2.26. The maximum Gasteiger partial charge on any atom is 0.508 e. The van der Waals surface area contributed by atoms with E-state index in [4.69, 9.17) is 29.4 Å². The highest BCUT2D eigenvalue weighted by Crippen LogP contribution is 2.31. The molecule has 10 nitrogen and oxygen atoms in total. The van der Waals surface area contributed by atoms with Gasteiger partial charge in [0.15, 0.2) is 11.5 Å². The molecule has 0 amide bonds. The van der Waals surface area contributed by atoms with Gasteiger partial charge in [-0.15, -0.1) is 0 Å². The summed E-state index contributed by atoms with van der Waals surface area (Å²) in [7, 11) is 0. The van der Waals surface area contributed by atoms with Gasteiger partial charge in [-0.1, -0.05) is 33.8 Å². The number of rotatable bonds is 13. The Morgan fingerprint density at radius 1 is 0.778 bits per heavy atom. The van der Waals surface area contributed by atoms with Crippen LogP contribution in [0.2, 0.25) is 0 Å². The van der Waals surface area contributed by atoms with Crippen LogP contribution in [0.25, 0.3) is 0 Å². The van der Waals surface area contributed by atoms with E-state index in [0.717, 1.165) is 0 Å². The first-order valence-corrected chi connectivity index (χ1v) is 12.3. The number of carbonyl (C=O) groups is 4. The van der Waals surface area contributed by atoms with Crippen molar-refractivity contribution in [3.8, 4) is 11.5 Å². The summed E-state index contributed by atoms with van der Waals surface area (Å²) >= 11 is 0. The molecule has 0 radical (unpaired) electrons. The first kappa shape index (κ1) is 30.9. The van der Waals surface area contributed by atoms with Gasteiger partial charge in [-0.25, -0.2) is 4.79 Å². The number of hydrogen-bond acceptors (Lipinski definition) is 10. The Balaban J connectivity index is 2.96. The van der Waals surface area contributed by atoms with Gasteiger partial charge in [0.05, 0.1) is 18.4 Å². The monoisotopic (exact) mass is 509 g/mol. The van der Waals surface area contributed by atoms with Gasteiger partial charge in [0.2, 0.25) is 0 Å². The van der Waals surface area contributed by atoms with Crippen LogP contribution >= 0.6 is 0 Å². The van der Waals surface area contributed by atoms with Crippen molar-refractivity contribution in [1.29, 1.82) is 0 Å². The predicted molar refractivity (Wildman–Crippen MR) is 131 cm³/mol. The van der Waals surface area contributed by atoms with Gasteiger partial charge in [0.1, 0.15) is 18.2 Å². The lowest BCUT2D eigenvalue weighted by molar-refractivity contribution is -0.155. The number of esters is 3. The minimum Gasteiger partial charge on any atom is -0.458 e. The van der Waals surface area contributed by atoms with Crippen molar-refractivity contribution in [1.82, 2.24) is 0 Å². The summed E-state index contributed by atoms with van der Waals surface area (Å²) in [6, 6.07) is 3.60. The lowest BCUT2D eigenvalue weighted by atomic mass is 10.1. The molecule has 10 heteroatoms. The molecule has 1 aromatic rings. The van der Waals surface area contributed by atoms with E-state index in [2.05, 4.69) is 0 Å². The van der Waals surface area contributed by atoms with Crippen molar-refractivity contribution in [3.63, 3.8) is 0 Å². The quantitative estimate of drug-likeness (QED) is 0.307. The van der Waals surface area contributed by atoms with E-state index >= 15 is 0 Å². The van der Waals surface area contributed by atoms with Crippen molar-refractivity contribution in [2.75, 3.05) is 6.61 Å². The Morgan fingerprint density at radius 3 is 1.83 bits per heavy atom. The zero-order chi connectivity index (χ0) is 27.4. The van der Waals surface area contributed by atoms with E-state index in [0.29, 0.717) is 18.4 Å². The highest BCUT2D eigenvalue weighted by atomic mass is 16.7. The second kappa shape index (κ2) is 15.1. The smallest absolute Gasteiger partial charge is 0.458 e. The molecule has 0 aliphatic heterocycles. The fourth-order valence-corrected chi connectivity index (χ4v) is 2.70. The number of benzene rings is 1. The van der Waals surface area contributed by atoms with Gasteiger partial charge in [0, 0.05) is 0 Å². The number of carbonyl (C=O) groups excluding carboxylic acids is 4. The van der Waals surface area contributed by atoms with E-state index in [1.54, 1.807) is 40.7 Å². The molecule has 0 aliphatic carbocycles. The van der Waals surface area contributed by atoms with Crippen molar-refractivity contribution >= 4 is 24.1 Å². The molecule has 0 fully saturated rings. The molecule has 2 unspecified atom stereocenters. The fraction of sp³-hybridized carbons (Fsp3) is 0.615. The maximum atomic E-state index is 12.5. The van der Waals surface area contributed by atoms with Crippen LogP contribution in [-0.4, -0.2) is 48.9 Å². The normalized spacial score (nSPS) is 15.0. The van der Waals surface area contributed by atoms with E-state index in [1.165, 1.54) is 12.1 Å². The topological polar surface area (TPSA) is 140 Å². The van der Waals surface area contributed by atoms with Gasteiger partial charge in [-0.2, -0.15) is 0 Å². The molecule has 36 heavy (non-hydrogen) atoms. The van der Waals surface area contributed by atoms with Gasteiger partial charge in [-0.05, 0) is 57.7 Å². The van der Waals surface area contributed by atoms with Crippen LogP contribution in [0, 0.1) is 11.8 Å². The molecule has 0 saturated carbocycles. The molecule has 0 aromatic heterocycles. The average molecular weight is 510 g/mol. The zero-order valence-electron chi connectivity index (χ0n) is 22.2. The Bertz CT molecular complexity index is 901. The van der Waals surface area contributed by atoms with E-state index in [-0.39, 0.29) is 36.4 Å². The summed E-state index contributed by atoms with van der Waals surface area (Å²) in [6.07, 6.45) is -1.13. The number of ether oxygens (including phenoxy) is 5. The second-order valence-electron chi connectivity index (χ2n) is 8.70. The molecule has 0 bridgehead atoms. The summed E-state index contributed by atoms with van der Waals surface area (Å²) in [4.78, 5) is 48.7. The van der Waals surface area contributed by atoms with E-state index < -0.39 is 42.3 Å². The van der Waals surface area contributed by atoms with Crippen molar-refractivity contribution < 1.29 is 42.9 Å². The van der Waals surface area contributed by atoms with E-state index in [1.807, 2.05) is 13.8 Å². The van der Waals surface area contributed by atoms with Crippen molar-refractivity contribution in [2.24, 2.45) is 17.6 Å². The summed E-state index contributed by atoms with van der Waals surface area (Å²) in [5.41, 5.74) is 6.61. The lowest BCUT2D eigenvalue weighted by Crippen LogP contribution is -2.39. The van der Waals surface area contributed by atoms with Gasteiger partial charge < -0.3 is 29.4 Å². The Hall–Kier alpha value is -3.14. The second-order valence-corrected chi connectivity index (χ2v) is 8.70. The van der Waals surface area contributed by atoms with Crippen molar-refractivity contribution in [3.05, 3.63) is 23.8 Å². The lowest BCUT2D eigenvalue weighted by Gasteiger charge is -2.22. The molecule has 1 aromatic carbocycles. The van der Waals surface area contributed by atoms with Crippen LogP contribution in [0.4, 0.5) is 4.79 Å². The Kier molecular flexibility index (Phi) is 12.9. The van der Waals surface area contributed by atoms with Gasteiger partial charge >= 0.3 is 24.1 Å². The minimum absolute atomic E-state index is 0.0616. The van der Waals surface area contributed by atoms with E-state index in [9.17, 15) is 19.2 Å². The molecular formula is C26H39NO9. The third kappa shape index (κ3) is 9.85. The molecule has 2 N–H and O–H groups in total. The third-order valence-electron chi connectivity index (χ3n) is 5.72. The molecule has 0 heterocycles. The SMILES string of the molecule is CCOC(=O)O[C@@H](C)[C@H](C)OC(=O)[C@@H](N)Cc1ccc(OC(=O)C(C)CC)c(OC(=O)C(C)CC)c1. The molecular weight excluding hydrogens is 470 g/mol. The Morgan fingerprint density at radius 2 is 1.31 bits per heavy atom. The van der Waals surface area contributed by atoms with Crippen LogP contribution < -0.4 is 15.2 Å². The molecule has 0 saturated heterocycles. The largest absolute Gasteiger partial charge is 0.508 e. The van der Waals surface area contributed by atoms with Crippen LogP contribution in [0.3, 0.4) is 0 Å². The third-order valence-corrected chi connectivity index (χ3v) is 5.72. The number of hydrogen-bond donors (Lipinski definition) is 1. The van der Waals surface area contributed by atoms with Crippen LogP contribution in [0.5, 0.6) is 11.5 Å². The first-order chi connectivity index (χ1) is 16.9. The molecule has 1 rings (SSSR count). The van der Waals surface area contributed by atoms with Crippen LogP contribution in [-0.2, 0) is 35.0 Å². The van der Waals surface area contributed by atoms with Gasteiger partial charge in [-0.3, -0.25) is 14.4 Å². The van der Waals surface area contributed by atoms with Crippen molar-refractivity contribution in [2.45, 2.75) is 86.0 Å². The zero-order valence-corrected chi connectivity index (χ0v) is 22.2. The molecule has 202 valence electrons. The summed E-state index contributed by atoms with van der Waals surface area (Å²) in [5, 5.41) is 0. The standard InChI is InChI=1S/C26H39NO9/c1-8-15(4)23(28)35-21-12-11-19(14-22(21)36-24(29)16(5)9-2)13-20(27)25(30)33-17(6)18(7)34-26(31)32-10-3/h11-12,14-18,20H,8-10,13,27H2,1-7H3/t15?,16?,17-,18-,20-/m0/s1. The minimum atomic E-state index is -1.05. The predicted octanol–water partition coefficient (Wildman–Crippen LogP) is 3.95. The molecule has 0 spiro atoms. The van der Waals surface area contributed by atoms with Crippen LogP contribution in [0.15, 0.2) is 18.2 Å². The summed E-state index contributed by atoms with van der Waals surface area (Å²) < 4.78 is 26.0. The molecule has 0 aliphatic rings. The number of nitrogens with two attached hydrogens (primary N) is 1. The summed E-state index contributed by atoms with van der Waals surface area (Å²) in [5.74, 6) is -2.13. The summed E-state index contributed by atoms with van der Waals surface area (Å²) in [6.45, 7) is 12.1. The highest BCUT2D eigenvalue weighted by molar-refractivity contribution is 5.79. The maximum absolute atomic E-state index is 12.5. The van der Waals surface area contributed by atoms with Crippen LogP contribution in [0.1, 0.15) is 66.9 Å². The fourth-order valence-electron chi connectivity index (χ4n) is 2.70. The first-order valence-electron chi connectivity index (χ1n) is 12.3. The average Bonchev–Trinajstić information content (AvgIpc) is 2.84. The Labute approximate surface area is 212 Å². The van der Waals surface area contributed by atoms with Gasteiger partial charge in [0.25, 0.3) is 0 Å².